The first-order valence-corrected chi connectivity index (χ1v) is 5.88. The van der Waals surface area contributed by atoms with Crippen LogP contribution < -0.4 is 0 Å². The summed E-state index contributed by atoms with van der Waals surface area (Å²) in [5, 5.41) is 0. The number of hydrogen-bond acceptors (Lipinski definition) is 4. The number of benzene rings is 1. The largest absolute Gasteiger partial charge is 0.466 e. The van der Waals surface area contributed by atoms with Gasteiger partial charge in [0.15, 0.2) is 6.10 Å². The van der Waals surface area contributed by atoms with Crippen LogP contribution in [0.3, 0.4) is 0 Å². The molecule has 1 unspecified atom stereocenters. The van der Waals surface area contributed by atoms with Crippen LogP contribution in [-0.4, -0.2) is 19.0 Å². The summed E-state index contributed by atoms with van der Waals surface area (Å²) < 4.78 is 9.80. The molecule has 1 aromatic rings. The highest BCUT2D eigenvalue weighted by atomic mass is 16.6. The zero-order chi connectivity index (χ0) is 14.6. The van der Waals surface area contributed by atoms with E-state index < -0.39 is 18.0 Å². The average molecular weight is 262 g/mol. The van der Waals surface area contributed by atoms with Crippen molar-refractivity contribution in [3.8, 4) is 0 Å². The Morgan fingerprint density at radius 2 is 1.84 bits per heavy atom. The van der Waals surface area contributed by atoms with Gasteiger partial charge in [-0.3, -0.25) is 4.79 Å². The monoisotopic (exact) mass is 262 g/mol. The van der Waals surface area contributed by atoms with Crippen molar-refractivity contribution < 1.29 is 19.1 Å². The Balaban J connectivity index is 3.15. The molecule has 19 heavy (non-hydrogen) atoms. The Bertz CT molecular complexity index is 517. The van der Waals surface area contributed by atoms with Crippen LogP contribution >= 0.6 is 0 Å². The predicted molar refractivity (Wildman–Crippen MR) is 71.6 cm³/mol. The summed E-state index contributed by atoms with van der Waals surface area (Å²) in [7, 11) is 1.26. The molecule has 1 aromatic carbocycles. The van der Waals surface area contributed by atoms with Crippen LogP contribution in [0.4, 0.5) is 0 Å². The lowest BCUT2D eigenvalue weighted by Gasteiger charge is -2.19. The van der Waals surface area contributed by atoms with Crippen molar-refractivity contribution in [3.63, 3.8) is 0 Å². The highest BCUT2D eigenvalue weighted by molar-refractivity contribution is 5.89. The van der Waals surface area contributed by atoms with Crippen LogP contribution in [0.5, 0.6) is 0 Å². The average Bonchev–Trinajstić information content (AvgIpc) is 2.37. The van der Waals surface area contributed by atoms with E-state index in [1.54, 1.807) is 0 Å². The van der Waals surface area contributed by atoms with E-state index in [9.17, 15) is 9.59 Å². The lowest BCUT2D eigenvalue weighted by Crippen LogP contribution is -2.17. The molecule has 0 amide bonds. The maximum absolute atomic E-state index is 11.5. The molecule has 102 valence electrons. The number of rotatable bonds is 4. The lowest BCUT2D eigenvalue weighted by atomic mass is 9.98. The third-order valence-electron chi connectivity index (χ3n) is 2.88. The van der Waals surface area contributed by atoms with E-state index >= 15 is 0 Å². The van der Waals surface area contributed by atoms with E-state index in [-0.39, 0.29) is 5.57 Å². The van der Waals surface area contributed by atoms with Gasteiger partial charge in [0.2, 0.25) is 0 Å². The molecule has 1 rings (SSSR count). The predicted octanol–water partition coefficient (Wildman–Crippen LogP) is 2.64. The van der Waals surface area contributed by atoms with E-state index in [2.05, 4.69) is 11.3 Å². The quantitative estimate of drug-likeness (QED) is 0.618. The summed E-state index contributed by atoms with van der Waals surface area (Å²) in [6, 6.07) is 5.59. The van der Waals surface area contributed by atoms with E-state index in [0.717, 1.165) is 11.1 Å². The van der Waals surface area contributed by atoms with Crippen LogP contribution in [0.2, 0.25) is 0 Å². The summed E-state index contributed by atoms with van der Waals surface area (Å²) >= 11 is 0. The van der Waals surface area contributed by atoms with Gasteiger partial charge in [0.05, 0.1) is 12.7 Å². The third kappa shape index (κ3) is 3.68. The lowest BCUT2D eigenvalue weighted by molar-refractivity contribution is -0.147. The maximum atomic E-state index is 11.5. The number of ether oxygens (including phenoxy) is 2. The number of methoxy groups -OCH3 is 1. The first-order chi connectivity index (χ1) is 8.86. The maximum Gasteiger partial charge on any atom is 0.337 e. The molecule has 4 nitrogen and oxygen atoms in total. The Morgan fingerprint density at radius 1 is 1.21 bits per heavy atom. The minimum absolute atomic E-state index is 0.0981. The Kier molecular flexibility index (Phi) is 4.87. The Morgan fingerprint density at radius 3 is 2.32 bits per heavy atom. The van der Waals surface area contributed by atoms with Crippen LogP contribution in [-0.2, 0) is 19.1 Å². The van der Waals surface area contributed by atoms with Gasteiger partial charge >= 0.3 is 11.9 Å². The van der Waals surface area contributed by atoms with Gasteiger partial charge in [0.25, 0.3) is 0 Å². The molecule has 0 aromatic heterocycles. The molecule has 0 aliphatic heterocycles. The molecule has 0 saturated heterocycles. The summed E-state index contributed by atoms with van der Waals surface area (Å²) in [4.78, 5) is 22.7. The number of hydrogen-bond donors (Lipinski definition) is 0. The van der Waals surface area contributed by atoms with E-state index in [4.69, 9.17) is 4.74 Å². The number of esters is 2. The molecule has 0 N–H and O–H groups in total. The van der Waals surface area contributed by atoms with Crippen molar-refractivity contribution in [3.05, 3.63) is 47.0 Å². The van der Waals surface area contributed by atoms with Crippen LogP contribution in [0.15, 0.2) is 30.4 Å². The molecule has 0 heterocycles. The molecular weight excluding hydrogens is 244 g/mol. The molecule has 4 heteroatoms. The summed E-state index contributed by atoms with van der Waals surface area (Å²) in [6.45, 7) is 8.88. The van der Waals surface area contributed by atoms with Crippen LogP contribution in [0.1, 0.15) is 29.7 Å². The van der Waals surface area contributed by atoms with Gasteiger partial charge in [-0.1, -0.05) is 24.8 Å². The van der Waals surface area contributed by atoms with Gasteiger partial charge in [0, 0.05) is 6.92 Å². The minimum Gasteiger partial charge on any atom is -0.466 e. The summed E-state index contributed by atoms with van der Waals surface area (Å²) in [5.41, 5.74) is 2.97. The smallest absolute Gasteiger partial charge is 0.337 e. The zero-order valence-electron chi connectivity index (χ0n) is 11.6. The highest BCUT2D eigenvalue weighted by Gasteiger charge is 2.24. The van der Waals surface area contributed by atoms with Crippen molar-refractivity contribution in [2.45, 2.75) is 26.9 Å². The van der Waals surface area contributed by atoms with E-state index in [1.807, 2.05) is 32.0 Å². The fourth-order valence-corrected chi connectivity index (χ4v) is 1.67. The molecule has 0 aliphatic carbocycles. The van der Waals surface area contributed by atoms with Crippen molar-refractivity contribution in [2.24, 2.45) is 0 Å². The van der Waals surface area contributed by atoms with E-state index in [1.165, 1.54) is 14.0 Å². The first kappa shape index (κ1) is 15.0. The molecular formula is C15H18O4. The van der Waals surface area contributed by atoms with Gasteiger partial charge in [-0.2, -0.15) is 0 Å². The zero-order valence-corrected chi connectivity index (χ0v) is 11.6. The van der Waals surface area contributed by atoms with Gasteiger partial charge in [-0.25, -0.2) is 4.79 Å². The molecule has 0 saturated carbocycles. The highest BCUT2D eigenvalue weighted by Crippen LogP contribution is 2.27. The second-order valence-electron chi connectivity index (χ2n) is 4.35. The summed E-state index contributed by atoms with van der Waals surface area (Å²) in [6.07, 6.45) is -0.816. The van der Waals surface area contributed by atoms with E-state index in [0.29, 0.717) is 5.56 Å². The molecule has 0 radical (unpaired) electrons. The standard InChI is InChI=1S/C15H18O4/c1-9-6-7-13(8-10(9)2)14(19-12(4)16)11(3)15(17)18-5/h6-8,14H,3H2,1-2,4-5H3. The van der Waals surface area contributed by atoms with Gasteiger partial charge < -0.3 is 9.47 Å². The SMILES string of the molecule is C=C(C(=O)OC)C(OC(C)=O)c1ccc(C)c(C)c1. The van der Waals surface area contributed by atoms with Crippen LogP contribution in [0, 0.1) is 13.8 Å². The Labute approximate surface area is 113 Å². The normalized spacial score (nSPS) is 11.6. The minimum atomic E-state index is -0.816. The van der Waals surface area contributed by atoms with Crippen molar-refractivity contribution in [1.29, 1.82) is 0 Å². The molecule has 0 fully saturated rings. The Hall–Kier alpha value is -2.10. The van der Waals surface area contributed by atoms with Gasteiger partial charge in [-0.05, 0) is 30.5 Å². The second kappa shape index (κ2) is 6.18. The fraction of sp³-hybridized carbons (Fsp3) is 0.333. The van der Waals surface area contributed by atoms with Crippen LogP contribution in [0.25, 0.3) is 0 Å². The van der Waals surface area contributed by atoms with Gasteiger partial charge in [0.1, 0.15) is 0 Å². The molecule has 0 bridgehead atoms. The molecule has 0 spiro atoms. The first-order valence-electron chi connectivity index (χ1n) is 5.88. The topological polar surface area (TPSA) is 52.6 Å². The number of carbonyl (C=O) groups is 2. The summed E-state index contributed by atoms with van der Waals surface area (Å²) in [5.74, 6) is -1.07. The molecule has 0 aliphatic rings. The molecule has 1 atom stereocenters. The number of aryl methyl sites for hydroxylation is 2. The number of carbonyl (C=O) groups excluding carboxylic acids is 2. The fourth-order valence-electron chi connectivity index (χ4n) is 1.67. The van der Waals surface area contributed by atoms with Crippen molar-refractivity contribution in [2.75, 3.05) is 7.11 Å². The van der Waals surface area contributed by atoms with Crippen molar-refractivity contribution in [1.82, 2.24) is 0 Å². The van der Waals surface area contributed by atoms with Crippen molar-refractivity contribution >= 4 is 11.9 Å². The second-order valence-corrected chi connectivity index (χ2v) is 4.35. The van der Waals surface area contributed by atoms with Gasteiger partial charge in [-0.15, -0.1) is 0 Å². The third-order valence-corrected chi connectivity index (χ3v) is 2.88.